The van der Waals surface area contributed by atoms with Crippen LogP contribution >= 0.6 is 0 Å². The molecule has 0 aromatic heterocycles. The summed E-state index contributed by atoms with van der Waals surface area (Å²) in [5.74, 6) is -4.57. The fourth-order valence-corrected chi connectivity index (χ4v) is 2.01. The molecule has 0 aromatic carbocycles. The monoisotopic (exact) mass is 293 g/mol. The van der Waals surface area contributed by atoms with E-state index >= 15 is 0 Å². The number of hydrogen-bond donors (Lipinski definition) is 2. The number of nitrogens with two attached hydrogens (primary N) is 1. The molecule has 1 aliphatic rings. The van der Waals surface area contributed by atoms with Crippen LogP contribution < -0.4 is 5.73 Å². The number of aliphatic carboxylic acids is 1. The number of carbonyl (C=O) groups excluding carboxylic acids is 1. The van der Waals surface area contributed by atoms with E-state index in [0.717, 1.165) is 11.9 Å². The van der Waals surface area contributed by atoms with Gasteiger partial charge in [0.05, 0.1) is 0 Å². The molecule has 1 aliphatic heterocycles. The van der Waals surface area contributed by atoms with E-state index in [9.17, 15) is 22.8 Å². The molecule has 112 valence electrons. The topological polar surface area (TPSA) is 96.0 Å². The van der Waals surface area contributed by atoms with Crippen LogP contribution in [0.15, 0.2) is 16.8 Å². The Balaban J connectivity index is 3.10. The van der Waals surface area contributed by atoms with Crippen LogP contribution in [0.2, 0.25) is 0 Å². The lowest BCUT2D eigenvalue weighted by Crippen LogP contribution is -2.31. The number of halogens is 3. The van der Waals surface area contributed by atoms with Crippen molar-refractivity contribution in [3.05, 3.63) is 11.8 Å². The van der Waals surface area contributed by atoms with Crippen molar-refractivity contribution in [1.82, 2.24) is 4.90 Å². The molecule has 1 rings (SSSR count). The normalized spacial score (nSPS) is 25.2. The summed E-state index contributed by atoms with van der Waals surface area (Å²) in [4.78, 5) is 26.9. The number of nitrogens with zero attached hydrogens (tertiary/aromatic N) is 2. The fraction of sp³-hybridized carbons (Fsp3) is 0.545. The molecule has 1 heterocycles. The second kappa shape index (κ2) is 5.51. The van der Waals surface area contributed by atoms with E-state index in [2.05, 4.69) is 4.99 Å². The van der Waals surface area contributed by atoms with Crippen molar-refractivity contribution in [2.45, 2.75) is 6.18 Å². The highest BCUT2D eigenvalue weighted by molar-refractivity contribution is 6.01. The SMILES string of the molecule is CN=C(C=C(N)[C@H]1CN(C)C(=O)[C@@H]1C(=O)O)C(F)(F)F. The number of hydrogen-bond acceptors (Lipinski definition) is 4. The number of carboxylic acids is 1. The van der Waals surface area contributed by atoms with Gasteiger partial charge < -0.3 is 15.7 Å². The standard InChI is InChI=1S/C11H14F3N3O3/c1-16-7(11(12,13)14)3-6(15)5-4-17(2)9(18)8(5)10(19)20/h3,5,8H,4,15H2,1-2H3,(H,19,20)/t5-,8-/m1/s1. The number of carboxylic acid groups (broad SMARTS) is 1. The fourth-order valence-electron chi connectivity index (χ4n) is 2.01. The molecule has 0 bridgehead atoms. The number of alkyl halides is 3. The molecule has 3 N–H and O–H groups in total. The van der Waals surface area contributed by atoms with E-state index in [0.29, 0.717) is 6.08 Å². The summed E-state index contributed by atoms with van der Waals surface area (Å²) < 4.78 is 37.7. The minimum atomic E-state index is -4.69. The molecule has 0 spiro atoms. The van der Waals surface area contributed by atoms with Gasteiger partial charge in [-0.1, -0.05) is 0 Å². The smallest absolute Gasteiger partial charge is 0.432 e. The summed E-state index contributed by atoms with van der Waals surface area (Å²) in [6.07, 6.45) is -4.11. The van der Waals surface area contributed by atoms with Crippen LogP contribution in [-0.2, 0) is 9.59 Å². The first-order valence-electron chi connectivity index (χ1n) is 5.58. The molecule has 1 saturated heterocycles. The number of amides is 1. The average Bonchev–Trinajstić information content (AvgIpc) is 2.61. The third-order valence-corrected chi connectivity index (χ3v) is 3.04. The first-order valence-corrected chi connectivity index (χ1v) is 5.58. The molecule has 0 radical (unpaired) electrons. The first-order chi connectivity index (χ1) is 9.09. The Morgan fingerprint density at radius 3 is 2.50 bits per heavy atom. The molecule has 9 heteroatoms. The Bertz CT molecular complexity index is 485. The summed E-state index contributed by atoms with van der Waals surface area (Å²) in [7, 11) is 2.32. The molecular weight excluding hydrogens is 279 g/mol. The van der Waals surface area contributed by atoms with Gasteiger partial charge in [-0.05, 0) is 6.08 Å². The van der Waals surface area contributed by atoms with Gasteiger partial charge in [-0.3, -0.25) is 14.6 Å². The quantitative estimate of drug-likeness (QED) is 0.576. The first kappa shape index (κ1) is 16.0. The zero-order chi connectivity index (χ0) is 15.7. The Kier molecular flexibility index (Phi) is 4.41. The molecule has 0 aromatic rings. The van der Waals surface area contributed by atoms with Crippen molar-refractivity contribution in [2.24, 2.45) is 22.6 Å². The highest BCUT2D eigenvalue weighted by Crippen LogP contribution is 2.29. The maximum atomic E-state index is 12.6. The number of likely N-dealkylation sites (tertiary alicyclic amines) is 1. The van der Waals surface area contributed by atoms with Gasteiger partial charge in [0.15, 0.2) is 0 Å². The van der Waals surface area contributed by atoms with Gasteiger partial charge in [-0.15, -0.1) is 0 Å². The summed E-state index contributed by atoms with van der Waals surface area (Å²) in [5.41, 5.74) is 4.00. The van der Waals surface area contributed by atoms with Crippen molar-refractivity contribution in [3.8, 4) is 0 Å². The highest BCUT2D eigenvalue weighted by Gasteiger charge is 2.45. The van der Waals surface area contributed by atoms with Crippen molar-refractivity contribution < 1.29 is 27.9 Å². The van der Waals surface area contributed by atoms with Crippen LogP contribution in [0, 0.1) is 11.8 Å². The Morgan fingerprint density at radius 2 is 2.10 bits per heavy atom. The minimum absolute atomic E-state index is 0.0486. The van der Waals surface area contributed by atoms with Gasteiger partial charge in [0.1, 0.15) is 11.6 Å². The van der Waals surface area contributed by atoms with Gasteiger partial charge in [0.25, 0.3) is 0 Å². The molecule has 6 nitrogen and oxygen atoms in total. The van der Waals surface area contributed by atoms with Crippen molar-refractivity contribution in [3.63, 3.8) is 0 Å². The van der Waals surface area contributed by atoms with E-state index in [1.54, 1.807) is 0 Å². The summed E-state index contributed by atoms with van der Waals surface area (Å²) in [6.45, 7) is -0.0486. The van der Waals surface area contributed by atoms with Crippen molar-refractivity contribution >= 4 is 17.6 Å². The zero-order valence-electron chi connectivity index (χ0n) is 10.8. The zero-order valence-corrected chi connectivity index (χ0v) is 10.8. The molecule has 1 amide bonds. The van der Waals surface area contributed by atoms with Gasteiger partial charge in [0.2, 0.25) is 5.91 Å². The lowest BCUT2D eigenvalue weighted by molar-refractivity contribution is -0.148. The number of carbonyl (C=O) groups is 2. The Morgan fingerprint density at radius 1 is 1.55 bits per heavy atom. The van der Waals surface area contributed by atoms with Gasteiger partial charge >= 0.3 is 12.1 Å². The molecule has 0 aliphatic carbocycles. The summed E-state index contributed by atoms with van der Waals surface area (Å²) in [5, 5.41) is 8.99. The molecular formula is C11H14F3N3O3. The number of aliphatic imine (C=N–C) groups is 1. The average molecular weight is 293 g/mol. The van der Waals surface area contributed by atoms with E-state index in [1.165, 1.54) is 7.05 Å². The maximum Gasteiger partial charge on any atom is 0.432 e. The third kappa shape index (κ3) is 3.09. The van der Waals surface area contributed by atoms with Crippen LogP contribution in [0.4, 0.5) is 13.2 Å². The van der Waals surface area contributed by atoms with E-state index in [1.807, 2.05) is 0 Å². The summed E-state index contributed by atoms with van der Waals surface area (Å²) >= 11 is 0. The lowest BCUT2D eigenvalue weighted by Gasteiger charge is -2.15. The van der Waals surface area contributed by atoms with Crippen LogP contribution in [0.3, 0.4) is 0 Å². The molecule has 1 fully saturated rings. The predicted molar refractivity (Wildman–Crippen MR) is 63.9 cm³/mol. The third-order valence-electron chi connectivity index (χ3n) is 3.04. The minimum Gasteiger partial charge on any atom is -0.481 e. The number of allylic oxidation sites excluding steroid dienone is 1. The highest BCUT2D eigenvalue weighted by atomic mass is 19.4. The molecule has 0 saturated carbocycles. The molecule has 0 unspecified atom stereocenters. The Labute approximate surface area is 112 Å². The van der Waals surface area contributed by atoms with Crippen molar-refractivity contribution in [2.75, 3.05) is 20.6 Å². The molecule has 2 atom stereocenters. The van der Waals surface area contributed by atoms with E-state index in [-0.39, 0.29) is 12.2 Å². The van der Waals surface area contributed by atoms with Crippen LogP contribution in [-0.4, -0.2) is 54.4 Å². The van der Waals surface area contributed by atoms with E-state index < -0.39 is 35.6 Å². The number of rotatable bonds is 3. The van der Waals surface area contributed by atoms with Crippen LogP contribution in [0.5, 0.6) is 0 Å². The van der Waals surface area contributed by atoms with Gasteiger partial charge in [-0.2, -0.15) is 13.2 Å². The second-order valence-electron chi connectivity index (χ2n) is 4.39. The van der Waals surface area contributed by atoms with Gasteiger partial charge in [0, 0.05) is 32.3 Å². The lowest BCUT2D eigenvalue weighted by atomic mass is 9.92. The maximum absolute atomic E-state index is 12.6. The van der Waals surface area contributed by atoms with Crippen LogP contribution in [0.25, 0.3) is 0 Å². The van der Waals surface area contributed by atoms with Gasteiger partial charge in [-0.25, -0.2) is 0 Å². The Hall–Kier alpha value is -2.06. The largest absolute Gasteiger partial charge is 0.481 e. The van der Waals surface area contributed by atoms with Crippen molar-refractivity contribution in [1.29, 1.82) is 0 Å². The predicted octanol–water partition coefficient (Wildman–Crippen LogP) is 0.251. The summed E-state index contributed by atoms with van der Waals surface area (Å²) in [6, 6.07) is 0. The van der Waals surface area contributed by atoms with E-state index in [4.69, 9.17) is 10.8 Å². The second-order valence-corrected chi connectivity index (χ2v) is 4.39. The van der Waals surface area contributed by atoms with Crippen LogP contribution in [0.1, 0.15) is 0 Å². The molecule has 20 heavy (non-hydrogen) atoms.